The Morgan fingerprint density at radius 2 is 1.87 bits per heavy atom. The van der Waals surface area contributed by atoms with E-state index in [0.717, 1.165) is 0 Å². The molecule has 2 heterocycles. The van der Waals surface area contributed by atoms with Gasteiger partial charge in [0.05, 0.1) is 6.61 Å². The lowest BCUT2D eigenvalue weighted by Gasteiger charge is -2.14. The van der Waals surface area contributed by atoms with E-state index in [9.17, 15) is 15.6 Å². The molecule has 1 unspecified atom stereocenters. The van der Waals surface area contributed by atoms with E-state index >= 15 is 0 Å². The Morgan fingerprint density at radius 1 is 1.13 bits per heavy atom. The number of aliphatic hydroxyl groups excluding tert-OH is 2. The van der Waals surface area contributed by atoms with E-state index in [2.05, 4.69) is 9.97 Å². The predicted octanol–water partition coefficient (Wildman–Crippen LogP) is 1.37. The summed E-state index contributed by atoms with van der Waals surface area (Å²) in [6.07, 6.45) is 1.65. The number of rotatable bonds is 8. The Hall–Kier alpha value is -4.12. The van der Waals surface area contributed by atoms with Crippen LogP contribution in [0, 0.1) is 22.7 Å². The molecule has 0 aliphatic rings. The van der Waals surface area contributed by atoms with E-state index in [1.54, 1.807) is 24.3 Å². The summed E-state index contributed by atoms with van der Waals surface area (Å²) in [6.45, 7) is -0.490. The Balaban J connectivity index is 1.96. The van der Waals surface area contributed by atoms with Crippen LogP contribution in [0.1, 0.15) is 16.8 Å². The zero-order valence-electron chi connectivity index (χ0n) is 15.6. The number of aromatic nitrogens is 2. The zero-order valence-corrected chi connectivity index (χ0v) is 15.6. The average Bonchev–Trinajstić information content (AvgIpc) is 3.29. The quantitative estimate of drug-likeness (QED) is 0.495. The van der Waals surface area contributed by atoms with Gasteiger partial charge in [-0.15, -0.1) is 0 Å². The van der Waals surface area contributed by atoms with Gasteiger partial charge in [-0.25, -0.2) is 4.98 Å². The summed E-state index contributed by atoms with van der Waals surface area (Å²) in [4.78, 5) is 7.99. The van der Waals surface area contributed by atoms with Crippen LogP contribution < -0.4 is 15.2 Å². The van der Waals surface area contributed by atoms with Crippen LogP contribution in [-0.4, -0.2) is 39.5 Å². The van der Waals surface area contributed by atoms with Crippen molar-refractivity contribution in [2.24, 2.45) is 0 Å². The summed E-state index contributed by atoms with van der Waals surface area (Å²) in [7, 11) is 0. The number of pyridine rings is 1. The maximum atomic E-state index is 9.73. The second kappa shape index (κ2) is 9.39. The molecule has 0 radical (unpaired) electrons. The molecule has 30 heavy (non-hydrogen) atoms. The molecule has 1 aromatic carbocycles. The van der Waals surface area contributed by atoms with Gasteiger partial charge in [-0.1, -0.05) is 12.1 Å². The molecule has 0 spiro atoms. The standard InChI is InChI=1S/C20H17N5O5/c21-5-16-18(12-1-3-15(4-2-12)29-10-14(27)7-26)17(6-22)20(25-19(16)23)30-9-13-8-28-11-24-13/h1-4,8,11,14,26-27H,7,9-10H2,(H2,23,25). The van der Waals surface area contributed by atoms with Gasteiger partial charge in [0.15, 0.2) is 6.39 Å². The molecular weight excluding hydrogens is 390 g/mol. The molecule has 0 aliphatic heterocycles. The average molecular weight is 407 g/mol. The summed E-state index contributed by atoms with van der Waals surface area (Å²) in [5.74, 6) is 0.333. The van der Waals surface area contributed by atoms with E-state index in [1.165, 1.54) is 12.7 Å². The minimum absolute atomic E-state index is 0.00290. The van der Waals surface area contributed by atoms with E-state index in [1.807, 2.05) is 12.1 Å². The van der Waals surface area contributed by atoms with Crippen molar-refractivity contribution in [1.29, 1.82) is 10.5 Å². The molecule has 4 N–H and O–H groups in total. The first-order valence-corrected chi connectivity index (χ1v) is 8.73. The number of anilines is 1. The van der Waals surface area contributed by atoms with Crippen molar-refractivity contribution < 1.29 is 24.1 Å². The van der Waals surface area contributed by atoms with Gasteiger partial charge in [0.25, 0.3) is 0 Å². The number of hydrogen-bond acceptors (Lipinski definition) is 10. The number of benzene rings is 1. The van der Waals surface area contributed by atoms with Crippen LogP contribution in [-0.2, 0) is 6.61 Å². The van der Waals surface area contributed by atoms with Gasteiger partial charge in [0.1, 0.15) is 66.1 Å². The van der Waals surface area contributed by atoms with Crippen molar-refractivity contribution in [3.05, 3.63) is 53.7 Å². The van der Waals surface area contributed by atoms with Crippen LogP contribution in [0.15, 0.2) is 41.3 Å². The largest absolute Gasteiger partial charge is 0.491 e. The fraction of sp³-hybridized carbons (Fsp3) is 0.200. The molecule has 0 amide bonds. The second-order valence-corrected chi connectivity index (χ2v) is 6.09. The minimum atomic E-state index is -0.996. The van der Waals surface area contributed by atoms with Crippen LogP contribution in [0.25, 0.3) is 11.1 Å². The van der Waals surface area contributed by atoms with Crippen LogP contribution in [0.3, 0.4) is 0 Å². The molecule has 0 aliphatic carbocycles. The number of nitriles is 2. The van der Waals surface area contributed by atoms with Gasteiger partial charge in [-0.3, -0.25) is 0 Å². The lowest BCUT2D eigenvalue weighted by Crippen LogP contribution is -2.21. The van der Waals surface area contributed by atoms with Gasteiger partial charge < -0.3 is 29.8 Å². The molecule has 3 aromatic rings. The molecule has 10 heteroatoms. The minimum Gasteiger partial charge on any atom is -0.491 e. The highest BCUT2D eigenvalue weighted by Gasteiger charge is 2.21. The third-order valence-corrected chi connectivity index (χ3v) is 4.05. The Labute approximate surface area is 171 Å². The van der Waals surface area contributed by atoms with Gasteiger partial charge in [-0.2, -0.15) is 15.5 Å². The SMILES string of the molecule is N#Cc1c(N)nc(OCc2cocn2)c(C#N)c1-c1ccc(OCC(O)CO)cc1. The van der Waals surface area contributed by atoms with Gasteiger partial charge >= 0.3 is 0 Å². The first kappa shape index (κ1) is 20.6. The van der Waals surface area contributed by atoms with Gasteiger partial charge in [0.2, 0.25) is 5.88 Å². The van der Waals surface area contributed by atoms with Crippen molar-refractivity contribution in [2.45, 2.75) is 12.7 Å². The highest BCUT2D eigenvalue weighted by atomic mass is 16.5. The topological polar surface area (TPSA) is 171 Å². The fourth-order valence-electron chi connectivity index (χ4n) is 2.61. The number of nitrogen functional groups attached to an aromatic ring is 1. The molecule has 0 bridgehead atoms. The van der Waals surface area contributed by atoms with Crippen molar-refractivity contribution >= 4 is 5.82 Å². The third-order valence-electron chi connectivity index (χ3n) is 4.05. The summed E-state index contributed by atoms with van der Waals surface area (Å²) in [5.41, 5.74) is 7.34. The van der Waals surface area contributed by atoms with Gasteiger partial charge in [0, 0.05) is 5.56 Å². The molecule has 0 saturated heterocycles. The van der Waals surface area contributed by atoms with Crippen molar-refractivity contribution in [3.63, 3.8) is 0 Å². The maximum absolute atomic E-state index is 9.73. The van der Waals surface area contributed by atoms with Crippen molar-refractivity contribution in [3.8, 4) is 34.9 Å². The maximum Gasteiger partial charge on any atom is 0.234 e. The van der Waals surface area contributed by atoms with E-state index in [-0.39, 0.29) is 41.6 Å². The second-order valence-electron chi connectivity index (χ2n) is 6.09. The van der Waals surface area contributed by atoms with E-state index < -0.39 is 12.7 Å². The first-order valence-electron chi connectivity index (χ1n) is 8.73. The Bertz CT molecular complexity index is 1080. The molecule has 2 aromatic heterocycles. The van der Waals surface area contributed by atoms with Gasteiger partial charge in [-0.05, 0) is 17.7 Å². The molecular formula is C20H17N5O5. The third kappa shape index (κ3) is 4.47. The highest BCUT2D eigenvalue weighted by Crippen LogP contribution is 2.36. The highest BCUT2D eigenvalue weighted by molar-refractivity contribution is 5.82. The van der Waals surface area contributed by atoms with E-state index in [4.69, 9.17) is 24.7 Å². The number of nitrogens with zero attached hydrogens (tertiary/aromatic N) is 4. The molecule has 3 rings (SSSR count). The summed E-state index contributed by atoms with van der Waals surface area (Å²) >= 11 is 0. The van der Waals surface area contributed by atoms with Crippen LogP contribution >= 0.6 is 0 Å². The normalized spacial score (nSPS) is 11.3. The fourth-order valence-corrected chi connectivity index (χ4v) is 2.61. The molecule has 0 fully saturated rings. The first-order chi connectivity index (χ1) is 14.6. The lowest BCUT2D eigenvalue weighted by molar-refractivity contribution is 0.0536. The Morgan fingerprint density at radius 3 is 2.47 bits per heavy atom. The monoisotopic (exact) mass is 407 g/mol. The van der Waals surface area contributed by atoms with Crippen LogP contribution in [0.2, 0.25) is 0 Å². The van der Waals surface area contributed by atoms with Crippen LogP contribution in [0.4, 0.5) is 5.82 Å². The van der Waals surface area contributed by atoms with Crippen molar-refractivity contribution in [2.75, 3.05) is 18.9 Å². The number of ether oxygens (including phenoxy) is 2. The number of aliphatic hydroxyl groups is 2. The number of hydrogen-bond donors (Lipinski definition) is 3. The molecule has 0 saturated carbocycles. The summed E-state index contributed by atoms with van der Waals surface area (Å²) < 4.78 is 15.8. The number of nitrogens with two attached hydrogens (primary N) is 1. The Kier molecular flexibility index (Phi) is 6.45. The molecule has 152 valence electrons. The smallest absolute Gasteiger partial charge is 0.234 e. The molecule has 1 atom stereocenters. The predicted molar refractivity (Wildman–Crippen MR) is 103 cm³/mol. The van der Waals surface area contributed by atoms with Crippen molar-refractivity contribution in [1.82, 2.24) is 9.97 Å². The summed E-state index contributed by atoms with van der Waals surface area (Å²) in [6, 6.07) is 10.5. The summed E-state index contributed by atoms with van der Waals surface area (Å²) in [5, 5.41) is 37.5. The van der Waals surface area contributed by atoms with Crippen LogP contribution in [0.5, 0.6) is 11.6 Å². The van der Waals surface area contributed by atoms with E-state index in [0.29, 0.717) is 17.0 Å². The zero-order chi connectivity index (χ0) is 21.5. The number of oxazole rings is 1. The molecule has 10 nitrogen and oxygen atoms in total. The lowest BCUT2D eigenvalue weighted by atomic mass is 9.96.